The Morgan fingerprint density at radius 3 is 2.47 bits per heavy atom. The third-order valence-corrected chi connectivity index (χ3v) is 5.28. The predicted octanol–water partition coefficient (Wildman–Crippen LogP) is 7.01. The number of rotatable bonds is 7. The number of carbonyl (C=O) groups is 1. The number of pyridine rings is 1. The van der Waals surface area contributed by atoms with Crippen LogP contribution in [0.25, 0.3) is 22.5 Å². The number of hydrogen-bond acceptors (Lipinski definition) is 4. The molecule has 2 N–H and O–H groups in total. The normalized spacial score (nSPS) is 11.3. The van der Waals surface area contributed by atoms with E-state index in [1.54, 1.807) is 9.20 Å². The monoisotopic (exact) mass is 486 g/mol. The van der Waals surface area contributed by atoms with Gasteiger partial charge in [-0.2, -0.15) is 5.10 Å². The summed E-state index contributed by atoms with van der Waals surface area (Å²) in [5, 5.41) is 15.2. The fourth-order valence-electron chi connectivity index (χ4n) is 3.63. The van der Waals surface area contributed by atoms with Gasteiger partial charge in [-0.3, -0.25) is 5.32 Å². The number of allylic oxidation sites excluding steroid dienone is 4. The molecule has 36 heavy (non-hydrogen) atoms. The van der Waals surface area contributed by atoms with E-state index in [1.165, 1.54) is 0 Å². The highest BCUT2D eigenvalue weighted by Crippen LogP contribution is 2.32. The maximum atomic E-state index is 13.2. The highest BCUT2D eigenvalue weighted by molar-refractivity contribution is 6.05. The minimum absolute atomic E-state index is 0.401. The maximum absolute atomic E-state index is 13.2. The molecule has 0 aliphatic carbocycles. The predicted molar refractivity (Wildman–Crippen MR) is 148 cm³/mol. The van der Waals surface area contributed by atoms with Crippen molar-refractivity contribution in [3.05, 3.63) is 78.5 Å². The Morgan fingerprint density at radius 2 is 1.78 bits per heavy atom. The molecule has 0 aliphatic rings. The van der Waals surface area contributed by atoms with Gasteiger partial charge < -0.3 is 10.1 Å². The van der Waals surface area contributed by atoms with Gasteiger partial charge in [-0.1, -0.05) is 62.4 Å². The topological polar surface area (TPSA) is 85.5 Å². The lowest BCUT2D eigenvalue weighted by atomic mass is 10.1. The van der Waals surface area contributed by atoms with Gasteiger partial charge in [-0.25, -0.2) is 14.0 Å². The molecule has 188 valence electrons. The molecule has 0 atom stereocenters. The number of nitrogens with one attached hydrogen (secondary N) is 2. The Balaban J connectivity index is 0.00000176. The van der Waals surface area contributed by atoms with Gasteiger partial charge in [0.05, 0.1) is 23.4 Å². The molecule has 4 aromatic rings. The first-order valence-corrected chi connectivity index (χ1v) is 12.2. The quantitative estimate of drug-likeness (QED) is 0.275. The first-order chi connectivity index (χ1) is 17.5. The van der Waals surface area contributed by atoms with Crippen LogP contribution in [0.15, 0.2) is 73.0 Å². The molecular formula is C28H34N6O2. The second-order valence-corrected chi connectivity index (χ2v) is 7.66. The van der Waals surface area contributed by atoms with Gasteiger partial charge >= 0.3 is 6.03 Å². The van der Waals surface area contributed by atoms with Crippen molar-refractivity contribution in [2.75, 3.05) is 17.2 Å². The van der Waals surface area contributed by atoms with E-state index in [4.69, 9.17) is 4.74 Å². The van der Waals surface area contributed by atoms with Gasteiger partial charge in [0.25, 0.3) is 0 Å². The van der Waals surface area contributed by atoms with Crippen molar-refractivity contribution in [1.29, 1.82) is 0 Å². The molecule has 3 aromatic heterocycles. The Hall–Kier alpha value is -4.33. The number of nitrogens with zero attached hydrogens (tertiary/aromatic N) is 4. The van der Waals surface area contributed by atoms with Gasteiger partial charge in [-0.05, 0) is 45.9 Å². The Kier molecular flexibility index (Phi) is 9.05. The minimum Gasteiger partial charge on any atom is -0.477 e. The van der Waals surface area contributed by atoms with E-state index >= 15 is 0 Å². The van der Waals surface area contributed by atoms with Crippen molar-refractivity contribution in [1.82, 2.24) is 19.4 Å². The molecule has 2 amide bonds. The number of aromatic nitrogens is 4. The summed E-state index contributed by atoms with van der Waals surface area (Å²) in [7, 11) is 0. The smallest absolute Gasteiger partial charge is 0.324 e. The summed E-state index contributed by atoms with van der Waals surface area (Å²) in [5.41, 5.74) is 4.59. The number of amides is 2. The first-order valence-electron chi connectivity index (χ1n) is 12.2. The van der Waals surface area contributed by atoms with Crippen LogP contribution < -0.4 is 15.4 Å². The standard InChI is InChI=1S/C26H28N6O2.C2H6/c1-5-7-13-18(3)32-24(19(4)25(30-32)34-6-2)28-26(33)27-23-21-16-11-12-17-31(21)29-22(23)20-14-9-8-10-15-20;1-2/h5,7-17H,6H2,1-4H3,(H2,27,28,33);1-2H3/b7-5-,18-13+;. The largest absolute Gasteiger partial charge is 0.477 e. The summed E-state index contributed by atoms with van der Waals surface area (Å²) < 4.78 is 9.10. The van der Waals surface area contributed by atoms with E-state index in [1.807, 2.05) is 114 Å². The van der Waals surface area contributed by atoms with Crippen LogP contribution in [0.1, 0.15) is 40.2 Å². The van der Waals surface area contributed by atoms with Gasteiger partial charge in [-0.15, -0.1) is 5.10 Å². The van der Waals surface area contributed by atoms with Crippen molar-refractivity contribution >= 4 is 28.8 Å². The zero-order chi connectivity index (χ0) is 26.1. The van der Waals surface area contributed by atoms with Crippen LogP contribution in [0.5, 0.6) is 5.88 Å². The number of hydrogen-bond donors (Lipinski definition) is 2. The average molecular weight is 487 g/mol. The van der Waals surface area contributed by atoms with Gasteiger partial charge in [0.15, 0.2) is 0 Å². The molecular weight excluding hydrogens is 452 g/mol. The Bertz CT molecular complexity index is 1370. The fourth-order valence-corrected chi connectivity index (χ4v) is 3.63. The number of benzene rings is 1. The van der Waals surface area contributed by atoms with Crippen LogP contribution in [0.4, 0.5) is 16.3 Å². The molecule has 0 fully saturated rings. The zero-order valence-electron chi connectivity index (χ0n) is 21.7. The van der Waals surface area contributed by atoms with E-state index in [0.717, 1.165) is 22.3 Å². The van der Waals surface area contributed by atoms with Crippen LogP contribution in [0.2, 0.25) is 0 Å². The van der Waals surface area contributed by atoms with Crippen molar-refractivity contribution in [3.63, 3.8) is 0 Å². The minimum atomic E-state index is -0.401. The highest BCUT2D eigenvalue weighted by atomic mass is 16.5. The van der Waals surface area contributed by atoms with Crippen molar-refractivity contribution in [3.8, 4) is 17.1 Å². The number of carbonyl (C=O) groups excluding carboxylic acids is 1. The van der Waals surface area contributed by atoms with Crippen molar-refractivity contribution in [2.24, 2.45) is 0 Å². The number of urea groups is 1. The Morgan fingerprint density at radius 1 is 1.06 bits per heavy atom. The zero-order valence-corrected chi connectivity index (χ0v) is 21.7. The molecule has 8 heteroatoms. The van der Waals surface area contributed by atoms with Crippen LogP contribution in [-0.2, 0) is 0 Å². The molecule has 3 heterocycles. The number of anilines is 2. The molecule has 0 spiro atoms. The van der Waals surface area contributed by atoms with Gasteiger partial charge in [0.2, 0.25) is 5.88 Å². The second-order valence-electron chi connectivity index (χ2n) is 7.66. The molecule has 0 unspecified atom stereocenters. The lowest BCUT2D eigenvalue weighted by Gasteiger charge is -2.11. The fraction of sp³-hybridized carbons (Fsp3) is 0.250. The SMILES string of the molecule is C/C=C\C=C(/C)n1nc(OCC)c(C)c1NC(=O)Nc1c(-c2ccccc2)nn2ccccc12.CC. The summed E-state index contributed by atoms with van der Waals surface area (Å²) in [5.74, 6) is 1.02. The Labute approximate surface area is 212 Å². The van der Waals surface area contributed by atoms with Crippen molar-refractivity contribution < 1.29 is 9.53 Å². The van der Waals surface area contributed by atoms with Crippen molar-refractivity contribution in [2.45, 2.75) is 41.5 Å². The third kappa shape index (κ3) is 5.66. The molecule has 0 saturated carbocycles. The summed E-state index contributed by atoms with van der Waals surface area (Å²) in [6, 6.07) is 15.1. The molecule has 0 saturated heterocycles. The highest BCUT2D eigenvalue weighted by Gasteiger charge is 2.21. The van der Waals surface area contributed by atoms with Crippen LogP contribution in [0, 0.1) is 6.92 Å². The summed E-state index contributed by atoms with van der Waals surface area (Å²) >= 11 is 0. The van der Waals surface area contributed by atoms with E-state index in [-0.39, 0.29) is 0 Å². The van der Waals surface area contributed by atoms with E-state index in [9.17, 15) is 4.79 Å². The average Bonchev–Trinajstić information content (AvgIpc) is 3.42. The molecule has 0 aliphatic heterocycles. The van der Waals surface area contributed by atoms with E-state index < -0.39 is 6.03 Å². The number of fused-ring (bicyclic) bond motifs is 1. The molecule has 1 aromatic carbocycles. The first kappa shape index (κ1) is 26.3. The van der Waals surface area contributed by atoms with E-state index in [0.29, 0.717) is 29.7 Å². The molecule has 4 rings (SSSR count). The lowest BCUT2D eigenvalue weighted by molar-refractivity contribution is 0.262. The molecule has 0 bridgehead atoms. The van der Waals surface area contributed by atoms with Crippen LogP contribution in [0.3, 0.4) is 0 Å². The summed E-state index contributed by atoms with van der Waals surface area (Å²) in [6.07, 6.45) is 7.62. The summed E-state index contributed by atoms with van der Waals surface area (Å²) in [6.45, 7) is 12.1. The van der Waals surface area contributed by atoms with Gasteiger partial charge in [0.1, 0.15) is 11.5 Å². The van der Waals surface area contributed by atoms with Crippen LogP contribution in [-0.4, -0.2) is 32.0 Å². The third-order valence-electron chi connectivity index (χ3n) is 5.28. The number of ether oxygens (including phenoxy) is 1. The van der Waals surface area contributed by atoms with E-state index in [2.05, 4.69) is 20.8 Å². The second kappa shape index (κ2) is 12.4. The van der Waals surface area contributed by atoms with Gasteiger partial charge in [0, 0.05) is 17.5 Å². The lowest BCUT2D eigenvalue weighted by Crippen LogP contribution is -2.22. The maximum Gasteiger partial charge on any atom is 0.324 e. The summed E-state index contributed by atoms with van der Waals surface area (Å²) in [4.78, 5) is 13.2. The molecule has 0 radical (unpaired) electrons. The molecule has 8 nitrogen and oxygen atoms in total. The van der Waals surface area contributed by atoms with Crippen LogP contribution >= 0.6 is 0 Å².